The molecule has 0 spiro atoms. The number of piperidine rings is 1. The number of fused-ring (bicyclic) bond motifs is 1. The van der Waals surface area contributed by atoms with Gasteiger partial charge in [0.15, 0.2) is 17.9 Å². The summed E-state index contributed by atoms with van der Waals surface area (Å²) in [5, 5.41) is 13.4. The molecule has 1 saturated heterocycles. The molecule has 0 saturated carbocycles. The Morgan fingerprint density at radius 1 is 1.20 bits per heavy atom. The summed E-state index contributed by atoms with van der Waals surface area (Å²) >= 11 is 0. The molecule has 3 aromatic rings. The van der Waals surface area contributed by atoms with Gasteiger partial charge < -0.3 is 9.32 Å². The first kappa shape index (κ1) is 16.0. The number of aromatic nitrogens is 5. The SMILES string of the molecule is Cc1ocnc1CN1CCC(c2nnc3ccc(N(C)C)nn23)CC1. The molecule has 1 aliphatic heterocycles. The molecule has 3 aromatic heterocycles. The van der Waals surface area contributed by atoms with Gasteiger partial charge in [-0.2, -0.15) is 4.52 Å². The summed E-state index contributed by atoms with van der Waals surface area (Å²) in [7, 11) is 3.98. The maximum Gasteiger partial charge on any atom is 0.181 e. The maximum absolute atomic E-state index is 5.29. The Bertz CT molecular complexity index is 861. The van der Waals surface area contributed by atoms with Crippen molar-refractivity contribution in [3.8, 4) is 0 Å². The standard InChI is InChI=1S/C17H23N7O/c1-12-14(18-11-25-12)10-23-8-6-13(7-9-23)17-20-19-15-4-5-16(22(2)3)21-24(15)17/h4-5,11,13H,6-10H2,1-3H3. The lowest BCUT2D eigenvalue weighted by molar-refractivity contribution is 0.198. The van der Waals surface area contributed by atoms with Crippen molar-refractivity contribution < 1.29 is 4.42 Å². The van der Waals surface area contributed by atoms with Crippen molar-refractivity contribution >= 4 is 11.5 Å². The summed E-state index contributed by atoms with van der Waals surface area (Å²) in [6.07, 6.45) is 3.62. The molecule has 0 atom stereocenters. The highest BCUT2D eigenvalue weighted by Crippen LogP contribution is 2.28. The van der Waals surface area contributed by atoms with E-state index >= 15 is 0 Å². The zero-order valence-electron chi connectivity index (χ0n) is 14.9. The summed E-state index contributed by atoms with van der Waals surface area (Å²) < 4.78 is 7.19. The van der Waals surface area contributed by atoms with E-state index in [1.54, 1.807) is 0 Å². The van der Waals surface area contributed by atoms with Gasteiger partial charge in [0.05, 0.1) is 5.69 Å². The minimum absolute atomic E-state index is 0.384. The molecular formula is C17H23N7O. The van der Waals surface area contributed by atoms with Gasteiger partial charge in [-0.25, -0.2) is 4.98 Å². The lowest BCUT2D eigenvalue weighted by Crippen LogP contribution is -2.33. The number of rotatable bonds is 4. The highest BCUT2D eigenvalue weighted by atomic mass is 16.3. The molecule has 132 valence electrons. The zero-order chi connectivity index (χ0) is 17.4. The van der Waals surface area contributed by atoms with E-state index in [1.165, 1.54) is 6.39 Å². The Balaban J connectivity index is 1.48. The Morgan fingerprint density at radius 2 is 2.00 bits per heavy atom. The number of aryl methyl sites for hydroxylation is 1. The number of anilines is 1. The van der Waals surface area contributed by atoms with Crippen LogP contribution in [0.2, 0.25) is 0 Å². The van der Waals surface area contributed by atoms with Gasteiger partial charge in [-0.05, 0) is 45.0 Å². The molecule has 25 heavy (non-hydrogen) atoms. The summed E-state index contributed by atoms with van der Waals surface area (Å²) in [6, 6.07) is 3.94. The van der Waals surface area contributed by atoms with Gasteiger partial charge in [0, 0.05) is 26.6 Å². The minimum atomic E-state index is 0.384. The van der Waals surface area contributed by atoms with Crippen LogP contribution in [0.1, 0.15) is 36.0 Å². The van der Waals surface area contributed by atoms with Gasteiger partial charge >= 0.3 is 0 Å². The number of hydrogen-bond acceptors (Lipinski definition) is 7. The van der Waals surface area contributed by atoms with Gasteiger partial charge in [0.2, 0.25) is 0 Å². The van der Waals surface area contributed by atoms with E-state index in [4.69, 9.17) is 4.42 Å². The smallest absolute Gasteiger partial charge is 0.181 e. The van der Waals surface area contributed by atoms with Crippen LogP contribution in [0, 0.1) is 6.92 Å². The van der Waals surface area contributed by atoms with Gasteiger partial charge in [0.1, 0.15) is 11.6 Å². The third-order valence-electron chi connectivity index (χ3n) is 4.90. The van der Waals surface area contributed by atoms with Crippen LogP contribution in [0.25, 0.3) is 5.65 Å². The maximum atomic E-state index is 5.29. The second-order valence-electron chi connectivity index (χ2n) is 6.82. The van der Waals surface area contributed by atoms with Crippen molar-refractivity contribution in [1.82, 2.24) is 29.7 Å². The van der Waals surface area contributed by atoms with Crippen LogP contribution in [-0.4, -0.2) is 56.9 Å². The van der Waals surface area contributed by atoms with Crippen molar-refractivity contribution in [3.05, 3.63) is 35.8 Å². The summed E-state index contributed by atoms with van der Waals surface area (Å²) in [5.41, 5.74) is 1.84. The Kier molecular flexibility index (Phi) is 4.12. The monoisotopic (exact) mass is 341 g/mol. The van der Waals surface area contributed by atoms with E-state index in [0.717, 1.165) is 61.2 Å². The van der Waals surface area contributed by atoms with Gasteiger partial charge in [-0.1, -0.05) is 0 Å². The molecule has 0 N–H and O–H groups in total. The fourth-order valence-corrected chi connectivity index (χ4v) is 3.33. The van der Waals surface area contributed by atoms with Crippen molar-refractivity contribution in [2.24, 2.45) is 0 Å². The molecule has 0 aliphatic carbocycles. The molecule has 4 rings (SSSR count). The average Bonchev–Trinajstić information content (AvgIpc) is 3.21. The second-order valence-corrected chi connectivity index (χ2v) is 6.82. The van der Waals surface area contributed by atoms with Crippen LogP contribution >= 0.6 is 0 Å². The highest BCUT2D eigenvalue weighted by Gasteiger charge is 2.26. The Morgan fingerprint density at radius 3 is 2.68 bits per heavy atom. The Labute approximate surface area is 146 Å². The van der Waals surface area contributed by atoms with Gasteiger partial charge in [0.25, 0.3) is 0 Å². The zero-order valence-corrected chi connectivity index (χ0v) is 14.9. The summed E-state index contributed by atoms with van der Waals surface area (Å²) in [6.45, 7) is 4.84. The Hall–Kier alpha value is -2.48. The molecule has 1 fully saturated rings. The van der Waals surface area contributed by atoms with E-state index in [2.05, 4.69) is 25.2 Å². The summed E-state index contributed by atoms with van der Waals surface area (Å²) in [4.78, 5) is 8.71. The highest BCUT2D eigenvalue weighted by molar-refractivity contribution is 5.45. The molecule has 0 bridgehead atoms. The fourth-order valence-electron chi connectivity index (χ4n) is 3.33. The lowest BCUT2D eigenvalue weighted by atomic mass is 9.96. The second kappa shape index (κ2) is 6.44. The first-order chi connectivity index (χ1) is 12.1. The molecule has 8 nitrogen and oxygen atoms in total. The predicted molar refractivity (Wildman–Crippen MR) is 93.6 cm³/mol. The fraction of sp³-hybridized carbons (Fsp3) is 0.529. The molecule has 0 unspecified atom stereocenters. The third kappa shape index (κ3) is 3.09. The van der Waals surface area contributed by atoms with Crippen LogP contribution in [0.4, 0.5) is 5.82 Å². The number of hydrogen-bond donors (Lipinski definition) is 0. The molecule has 8 heteroatoms. The van der Waals surface area contributed by atoms with Crippen molar-refractivity contribution in [2.75, 3.05) is 32.1 Å². The number of likely N-dealkylation sites (tertiary alicyclic amines) is 1. The first-order valence-electron chi connectivity index (χ1n) is 8.63. The van der Waals surface area contributed by atoms with Crippen LogP contribution in [0.3, 0.4) is 0 Å². The molecule has 0 aromatic carbocycles. The normalized spacial score (nSPS) is 16.6. The number of oxazole rings is 1. The average molecular weight is 341 g/mol. The van der Waals surface area contributed by atoms with E-state index in [1.807, 2.05) is 42.6 Å². The van der Waals surface area contributed by atoms with Crippen LogP contribution < -0.4 is 4.90 Å². The van der Waals surface area contributed by atoms with Crippen LogP contribution in [0.15, 0.2) is 22.9 Å². The van der Waals surface area contributed by atoms with Gasteiger partial charge in [-0.15, -0.1) is 15.3 Å². The third-order valence-corrected chi connectivity index (χ3v) is 4.90. The quantitative estimate of drug-likeness (QED) is 0.717. The number of nitrogens with zero attached hydrogens (tertiary/aromatic N) is 7. The van der Waals surface area contributed by atoms with Gasteiger partial charge in [-0.3, -0.25) is 4.90 Å². The van der Waals surface area contributed by atoms with E-state index < -0.39 is 0 Å². The molecule has 0 radical (unpaired) electrons. The van der Waals surface area contributed by atoms with Crippen molar-refractivity contribution in [2.45, 2.75) is 32.2 Å². The molecule has 1 aliphatic rings. The summed E-state index contributed by atoms with van der Waals surface area (Å²) in [5.74, 6) is 3.17. The first-order valence-corrected chi connectivity index (χ1v) is 8.63. The van der Waals surface area contributed by atoms with E-state index in [0.29, 0.717) is 5.92 Å². The molecular weight excluding hydrogens is 318 g/mol. The van der Waals surface area contributed by atoms with E-state index in [-0.39, 0.29) is 0 Å². The lowest BCUT2D eigenvalue weighted by Gasteiger charge is -2.30. The van der Waals surface area contributed by atoms with Crippen molar-refractivity contribution in [3.63, 3.8) is 0 Å². The van der Waals surface area contributed by atoms with Crippen molar-refractivity contribution in [1.29, 1.82) is 0 Å². The van der Waals surface area contributed by atoms with Crippen LogP contribution in [0.5, 0.6) is 0 Å². The largest absolute Gasteiger partial charge is 0.448 e. The predicted octanol–water partition coefficient (Wildman–Crippen LogP) is 1.87. The van der Waals surface area contributed by atoms with Crippen LogP contribution in [-0.2, 0) is 6.54 Å². The van der Waals surface area contributed by atoms with E-state index in [9.17, 15) is 0 Å². The molecule has 4 heterocycles. The minimum Gasteiger partial charge on any atom is -0.448 e. The topological polar surface area (TPSA) is 75.6 Å². The molecule has 0 amide bonds.